The number of ether oxygens (including phenoxy) is 1. The lowest BCUT2D eigenvalue weighted by Gasteiger charge is -2.33. The van der Waals surface area contributed by atoms with Gasteiger partial charge in [-0.1, -0.05) is 166 Å². The van der Waals surface area contributed by atoms with Gasteiger partial charge in [0.2, 0.25) is 0 Å². The summed E-state index contributed by atoms with van der Waals surface area (Å²) >= 11 is 1.93. The zero-order chi connectivity index (χ0) is 35.0. The minimum Gasteiger partial charge on any atom is -0.494 e. The van der Waals surface area contributed by atoms with Crippen LogP contribution in [0.5, 0.6) is 5.75 Å². The van der Waals surface area contributed by atoms with E-state index in [1.54, 1.807) is 11.1 Å². The number of thiophene rings is 1. The first-order chi connectivity index (χ1) is 24.6. The highest BCUT2D eigenvalue weighted by Gasteiger charge is 2.42. The number of unbranched alkanes of at least 4 members (excludes halogenated alkanes) is 15. The molecule has 1 aromatic heterocycles. The van der Waals surface area contributed by atoms with Crippen LogP contribution in [0.15, 0.2) is 72.8 Å². The second-order valence-corrected chi connectivity index (χ2v) is 16.3. The maximum atomic E-state index is 6.08. The third kappa shape index (κ3) is 10.1. The molecule has 1 aliphatic carbocycles. The van der Waals surface area contributed by atoms with Crippen LogP contribution in [0.4, 0.5) is 0 Å². The molecule has 0 radical (unpaired) electrons. The largest absolute Gasteiger partial charge is 0.494 e. The summed E-state index contributed by atoms with van der Waals surface area (Å²) in [6.07, 6.45) is 26.5. The fraction of sp³-hybridized carbons (Fsp3) is 0.542. The minimum atomic E-state index is 0.119. The fourth-order valence-electron chi connectivity index (χ4n) is 8.28. The smallest absolute Gasteiger partial charge is 0.119 e. The highest BCUT2D eigenvalue weighted by molar-refractivity contribution is 7.18. The van der Waals surface area contributed by atoms with E-state index < -0.39 is 0 Å². The summed E-state index contributed by atoms with van der Waals surface area (Å²) in [5.74, 6) is 0.986. The van der Waals surface area contributed by atoms with E-state index >= 15 is 0 Å². The third-order valence-electron chi connectivity index (χ3n) is 11.2. The molecule has 2 heteroatoms. The van der Waals surface area contributed by atoms with Crippen molar-refractivity contribution in [3.8, 4) is 37.8 Å². The summed E-state index contributed by atoms with van der Waals surface area (Å²) in [4.78, 5) is 2.69. The Labute approximate surface area is 310 Å². The number of fused-ring (bicyclic) bond motifs is 3. The maximum Gasteiger partial charge on any atom is 0.119 e. The van der Waals surface area contributed by atoms with E-state index in [9.17, 15) is 0 Å². The molecule has 0 saturated carbocycles. The van der Waals surface area contributed by atoms with Gasteiger partial charge in [-0.3, -0.25) is 0 Å². The maximum absolute atomic E-state index is 6.08. The Morgan fingerprint density at radius 2 is 0.960 bits per heavy atom. The van der Waals surface area contributed by atoms with Crippen LogP contribution in [0, 0.1) is 6.92 Å². The summed E-state index contributed by atoms with van der Waals surface area (Å²) in [5.41, 5.74) is 10.3. The molecule has 0 unspecified atom stereocenters. The van der Waals surface area contributed by atoms with Crippen molar-refractivity contribution in [2.75, 3.05) is 6.61 Å². The van der Waals surface area contributed by atoms with Crippen molar-refractivity contribution in [2.24, 2.45) is 0 Å². The van der Waals surface area contributed by atoms with Gasteiger partial charge in [-0.15, -0.1) is 11.3 Å². The second kappa shape index (κ2) is 20.3. The van der Waals surface area contributed by atoms with Crippen molar-refractivity contribution in [1.82, 2.24) is 0 Å². The molecule has 1 nitrogen and oxygen atoms in total. The van der Waals surface area contributed by atoms with Gasteiger partial charge in [0, 0.05) is 15.2 Å². The Balaban J connectivity index is 1.35. The monoisotopic (exact) mass is 690 g/mol. The Bertz CT molecular complexity index is 1540. The Morgan fingerprint density at radius 1 is 0.480 bits per heavy atom. The quantitative estimate of drug-likeness (QED) is 0.0665. The number of rotatable bonds is 24. The highest BCUT2D eigenvalue weighted by Crippen LogP contribution is 2.55. The van der Waals surface area contributed by atoms with E-state index in [4.69, 9.17) is 4.74 Å². The Morgan fingerprint density at radius 3 is 1.56 bits per heavy atom. The van der Waals surface area contributed by atoms with Crippen molar-refractivity contribution < 1.29 is 4.74 Å². The van der Waals surface area contributed by atoms with Crippen molar-refractivity contribution >= 4 is 11.3 Å². The summed E-state index contributed by atoms with van der Waals surface area (Å²) in [6.45, 7) is 10.0. The summed E-state index contributed by atoms with van der Waals surface area (Å²) in [5, 5.41) is 0. The van der Waals surface area contributed by atoms with Gasteiger partial charge in [0.15, 0.2) is 0 Å². The molecule has 1 aliphatic rings. The fourth-order valence-corrected chi connectivity index (χ4v) is 9.28. The van der Waals surface area contributed by atoms with Gasteiger partial charge >= 0.3 is 0 Å². The molecule has 0 N–H and O–H groups in total. The lowest BCUT2D eigenvalue weighted by atomic mass is 9.70. The molecule has 0 aliphatic heterocycles. The number of hydrogen-bond donors (Lipinski definition) is 0. The number of hydrogen-bond acceptors (Lipinski definition) is 2. The number of benzene rings is 3. The first-order valence-electron chi connectivity index (χ1n) is 20.7. The van der Waals surface area contributed by atoms with Crippen LogP contribution in [0.1, 0.15) is 166 Å². The van der Waals surface area contributed by atoms with Gasteiger partial charge in [-0.25, -0.2) is 0 Å². The first kappa shape index (κ1) is 38.4. The summed E-state index contributed by atoms with van der Waals surface area (Å²) < 4.78 is 6.08. The molecular formula is C48H66OS. The number of aryl methyl sites for hydroxylation is 1. The van der Waals surface area contributed by atoms with Crippen LogP contribution in [-0.2, 0) is 5.41 Å². The topological polar surface area (TPSA) is 9.23 Å². The molecule has 5 rings (SSSR count). The summed E-state index contributed by atoms with van der Waals surface area (Å²) in [6, 6.07) is 28.2. The van der Waals surface area contributed by atoms with E-state index in [1.807, 2.05) is 11.3 Å². The predicted octanol–water partition coefficient (Wildman–Crippen LogP) is 15.9. The lowest BCUT2D eigenvalue weighted by Crippen LogP contribution is -2.25. The van der Waals surface area contributed by atoms with E-state index in [2.05, 4.69) is 100 Å². The lowest BCUT2D eigenvalue weighted by molar-refractivity contribution is 0.304. The van der Waals surface area contributed by atoms with Crippen LogP contribution in [0.2, 0.25) is 0 Å². The minimum absolute atomic E-state index is 0.119. The van der Waals surface area contributed by atoms with Crippen molar-refractivity contribution in [2.45, 2.75) is 162 Å². The highest BCUT2D eigenvalue weighted by atomic mass is 32.1. The second-order valence-electron chi connectivity index (χ2n) is 15.2. The van der Waals surface area contributed by atoms with Crippen LogP contribution in [0.3, 0.4) is 0 Å². The Kier molecular flexibility index (Phi) is 15.6. The van der Waals surface area contributed by atoms with Crippen LogP contribution in [0.25, 0.3) is 32.0 Å². The third-order valence-corrected chi connectivity index (χ3v) is 12.4. The molecule has 4 aromatic rings. The van der Waals surface area contributed by atoms with Crippen LogP contribution in [-0.4, -0.2) is 6.61 Å². The SMILES string of the molecule is CCCCCCCCOc1ccc(-c2ccc(-c3ccc4c(c3)C(CCCCCCCC)(CCCCCCCC)c3cc(C)ccc3-4)s2)cc1. The molecule has 0 amide bonds. The summed E-state index contributed by atoms with van der Waals surface area (Å²) in [7, 11) is 0. The van der Waals surface area contributed by atoms with Crippen molar-refractivity contribution in [3.63, 3.8) is 0 Å². The van der Waals surface area contributed by atoms with Gasteiger partial charge in [0.05, 0.1) is 6.61 Å². The Hall–Kier alpha value is -2.84. The van der Waals surface area contributed by atoms with E-state index in [1.165, 1.54) is 160 Å². The van der Waals surface area contributed by atoms with E-state index in [0.29, 0.717) is 0 Å². The zero-order valence-electron chi connectivity index (χ0n) is 32.1. The average molecular weight is 691 g/mol. The van der Waals surface area contributed by atoms with Gasteiger partial charge in [-0.05, 0) is 102 Å². The molecule has 0 fully saturated rings. The van der Waals surface area contributed by atoms with Crippen LogP contribution >= 0.6 is 11.3 Å². The van der Waals surface area contributed by atoms with Crippen molar-refractivity contribution in [3.05, 3.63) is 89.5 Å². The predicted molar refractivity (Wildman–Crippen MR) is 221 cm³/mol. The average Bonchev–Trinajstić information content (AvgIpc) is 3.73. The molecule has 50 heavy (non-hydrogen) atoms. The normalized spacial score (nSPS) is 13.0. The molecule has 3 aromatic carbocycles. The molecule has 0 atom stereocenters. The molecular weight excluding hydrogens is 625 g/mol. The van der Waals surface area contributed by atoms with Gasteiger partial charge < -0.3 is 4.74 Å². The standard InChI is InChI=1S/C48H66OS/c1-5-8-11-14-17-20-33-48(34-21-18-15-12-9-6-2)44-36-38(4)23-29-42(44)43-30-26-40(37-45(43)48)47-32-31-46(50-47)39-24-27-41(28-25-39)49-35-22-19-16-13-10-7-3/h23-32,36-37H,5-22,33-35H2,1-4H3. The molecule has 0 bridgehead atoms. The van der Waals surface area contributed by atoms with Gasteiger partial charge in [0.1, 0.15) is 5.75 Å². The zero-order valence-corrected chi connectivity index (χ0v) is 32.9. The van der Waals surface area contributed by atoms with Gasteiger partial charge in [-0.2, -0.15) is 0 Å². The molecule has 0 saturated heterocycles. The van der Waals surface area contributed by atoms with E-state index in [-0.39, 0.29) is 5.41 Å². The van der Waals surface area contributed by atoms with Crippen molar-refractivity contribution in [1.29, 1.82) is 0 Å². The molecule has 0 spiro atoms. The first-order valence-corrected chi connectivity index (χ1v) is 21.5. The molecule has 1 heterocycles. The molecule has 270 valence electrons. The van der Waals surface area contributed by atoms with E-state index in [0.717, 1.165) is 18.8 Å². The van der Waals surface area contributed by atoms with Crippen LogP contribution < -0.4 is 4.74 Å². The van der Waals surface area contributed by atoms with Gasteiger partial charge in [0.25, 0.3) is 0 Å².